The van der Waals surface area contributed by atoms with Gasteiger partial charge in [0.1, 0.15) is 0 Å². The third-order valence-electron chi connectivity index (χ3n) is 7.40. The van der Waals surface area contributed by atoms with Crippen LogP contribution in [-0.2, 0) is 12.5 Å². The van der Waals surface area contributed by atoms with Crippen LogP contribution >= 0.6 is 0 Å². The summed E-state index contributed by atoms with van der Waals surface area (Å²) < 4.78 is 12.0. The van der Waals surface area contributed by atoms with E-state index in [0.29, 0.717) is 0 Å². The molecule has 0 bridgehead atoms. The fourth-order valence-electron chi connectivity index (χ4n) is 5.86. The van der Waals surface area contributed by atoms with E-state index >= 15 is 0 Å². The van der Waals surface area contributed by atoms with E-state index in [4.69, 9.17) is 4.74 Å². The van der Waals surface area contributed by atoms with E-state index in [-0.39, 0.29) is 5.41 Å². The molecule has 0 radical (unpaired) electrons. The number of ether oxygens (including phenoxy) is 1. The maximum atomic E-state index is 5.77. The van der Waals surface area contributed by atoms with Crippen molar-refractivity contribution >= 4 is 49.8 Å². The zero-order chi connectivity index (χ0) is 23.1. The van der Waals surface area contributed by atoms with Crippen molar-refractivity contribution in [3.8, 4) is 22.7 Å². The molecule has 6 rings (SSSR count). The Morgan fingerprint density at radius 3 is 2.52 bits per heavy atom. The van der Waals surface area contributed by atoms with Gasteiger partial charge >= 0.3 is 210 Å². The number of rotatable bonds is 2. The molecule has 164 valence electrons. The van der Waals surface area contributed by atoms with Crippen molar-refractivity contribution in [1.82, 2.24) is 4.57 Å². The molecule has 0 atom stereocenters. The molecule has 0 spiro atoms. The Bertz CT molecular complexity index is 1610. The molecule has 0 N–H and O–H groups in total. The van der Waals surface area contributed by atoms with Crippen molar-refractivity contribution in [1.29, 1.82) is 0 Å². The van der Waals surface area contributed by atoms with E-state index in [0.717, 1.165) is 30.5 Å². The number of methoxy groups -OCH3 is 1. The summed E-state index contributed by atoms with van der Waals surface area (Å²) in [6.45, 7) is 6.90. The Hall–Kier alpha value is -2.71. The van der Waals surface area contributed by atoms with Crippen molar-refractivity contribution in [3.63, 3.8) is 0 Å². The molecule has 1 aliphatic rings. The number of benzene rings is 3. The predicted molar refractivity (Wildman–Crippen MR) is 139 cm³/mol. The molecule has 0 aliphatic heterocycles. The molecule has 2 heterocycles. The van der Waals surface area contributed by atoms with Crippen molar-refractivity contribution in [2.45, 2.75) is 26.2 Å². The van der Waals surface area contributed by atoms with Crippen molar-refractivity contribution in [2.24, 2.45) is 7.05 Å². The van der Waals surface area contributed by atoms with Crippen LogP contribution in [0.2, 0.25) is 0 Å². The average molecular weight is 630 g/mol. The quantitative estimate of drug-likeness (QED) is 0.208. The molecule has 2 aromatic heterocycles. The molecule has 0 saturated heterocycles. The second-order valence-corrected chi connectivity index (χ2v) is 12.2. The van der Waals surface area contributed by atoms with Gasteiger partial charge in [-0.25, -0.2) is 0 Å². The van der Waals surface area contributed by atoms with Gasteiger partial charge in [-0.3, -0.25) is 0 Å². The first-order valence-electron chi connectivity index (χ1n) is 11.3. The molecule has 3 nitrogen and oxygen atoms in total. The van der Waals surface area contributed by atoms with Crippen LogP contribution in [0.1, 0.15) is 30.5 Å². The first-order chi connectivity index (χ1) is 15.8. The summed E-state index contributed by atoms with van der Waals surface area (Å²) >= 11 is 0.808. The van der Waals surface area contributed by atoms with Crippen LogP contribution in [0.3, 0.4) is 0 Å². The standard InChI is InChI=1S/C29H26N2O.Bi.2H/c1-18-25(32-5)15-14-22-20-11-7-9-13-24(20)31(27(18)22)28-26-21(16-17-30(28)4)19-10-6-8-12-23(19)29(26,2)3;;;/h6,8-17H,1-5H3;;;/q+1;;;. The second-order valence-electron chi connectivity index (χ2n) is 9.61. The van der Waals surface area contributed by atoms with Gasteiger partial charge in [-0.15, -0.1) is 0 Å². The van der Waals surface area contributed by atoms with Gasteiger partial charge in [0.15, 0.2) is 0 Å². The molecule has 3 aromatic carbocycles. The summed E-state index contributed by atoms with van der Waals surface area (Å²) in [5.74, 6) is 2.16. The van der Waals surface area contributed by atoms with Crippen LogP contribution in [0.5, 0.6) is 5.75 Å². The van der Waals surface area contributed by atoms with E-state index < -0.39 is 0 Å². The summed E-state index contributed by atoms with van der Waals surface area (Å²) in [6.07, 6.45) is 2.21. The van der Waals surface area contributed by atoms with Gasteiger partial charge in [-0.1, -0.05) is 0 Å². The monoisotopic (exact) mass is 629 g/mol. The Kier molecular flexibility index (Phi) is 4.52. The van der Waals surface area contributed by atoms with Gasteiger partial charge in [0.05, 0.1) is 0 Å². The minimum absolute atomic E-state index is 0.102. The third-order valence-corrected chi connectivity index (χ3v) is 8.79. The molecular formula is C29H28BiN2O+. The van der Waals surface area contributed by atoms with Crippen molar-refractivity contribution in [2.75, 3.05) is 7.11 Å². The Morgan fingerprint density at radius 1 is 0.939 bits per heavy atom. The van der Waals surface area contributed by atoms with E-state index in [1.807, 2.05) is 0 Å². The van der Waals surface area contributed by atoms with Gasteiger partial charge in [0.2, 0.25) is 0 Å². The van der Waals surface area contributed by atoms with Crippen LogP contribution in [0.15, 0.2) is 66.9 Å². The number of nitrogens with zero attached hydrogens (tertiary/aromatic N) is 2. The van der Waals surface area contributed by atoms with Crippen molar-refractivity contribution < 1.29 is 9.30 Å². The maximum absolute atomic E-state index is 5.77. The summed E-state index contributed by atoms with van der Waals surface area (Å²) in [5.41, 5.74) is 9.01. The van der Waals surface area contributed by atoms with E-state index in [1.165, 1.54) is 58.7 Å². The molecule has 33 heavy (non-hydrogen) atoms. The summed E-state index contributed by atoms with van der Waals surface area (Å²) in [6, 6.07) is 22.5. The second kappa shape index (κ2) is 7.14. The van der Waals surface area contributed by atoms with E-state index in [1.54, 1.807) is 7.11 Å². The molecular weight excluding hydrogens is 601 g/mol. The Morgan fingerprint density at radius 2 is 1.73 bits per heavy atom. The summed E-state index contributed by atoms with van der Waals surface area (Å²) in [4.78, 5) is 0. The predicted octanol–water partition coefficient (Wildman–Crippen LogP) is 4.49. The van der Waals surface area contributed by atoms with Crippen LogP contribution in [0.25, 0.3) is 38.8 Å². The molecule has 0 amide bonds. The normalized spacial score (nSPS) is 14.0. The van der Waals surface area contributed by atoms with Crippen LogP contribution < -0.4 is 12.6 Å². The Labute approximate surface area is 209 Å². The van der Waals surface area contributed by atoms with Gasteiger partial charge in [0.25, 0.3) is 0 Å². The molecule has 0 fully saturated rings. The zero-order valence-corrected chi connectivity index (χ0v) is 24.2. The van der Waals surface area contributed by atoms with Crippen molar-refractivity contribution in [3.05, 3.63) is 83.6 Å². The number of pyridine rings is 1. The number of aromatic nitrogens is 2. The van der Waals surface area contributed by atoms with E-state index in [2.05, 4.69) is 104 Å². The van der Waals surface area contributed by atoms with Crippen LogP contribution in [0.4, 0.5) is 0 Å². The van der Waals surface area contributed by atoms with Crippen LogP contribution in [-0.4, -0.2) is 36.4 Å². The first kappa shape index (κ1) is 20.9. The average Bonchev–Trinajstić information content (AvgIpc) is 3.24. The fourth-order valence-corrected chi connectivity index (χ4v) is 6.88. The number of hydrogen-bond acceptors (Lipinski definition) is 1. The Balaban J connectivity index is 1.84. The van der Waals surface area contributed by atoms with Gasteiger partial charge in [0, 0.05) is 0 Å². The summed E-state index contributed by atoms with van der Waals surface area (Å²) in [5, 5.41) is 2.61. The van der Waals surface area contributed by atoms with E-state index in [9.17, 15) is 0 Å². The number of aryl methyl sites for hydroxylation is 2. The number of fused-ring (bicyclic) bond motifs is 6. The number of hydrogen-bond donors (Lipinski definition) is 0. The molecule has 4 heteroatoms. The first-order valence-corrected chi connectivity index (χ1v) is 13.6. The molecule has 1 aliphatic carbocycles. The van der Waals surface area contributed by atoms with Gasteiger partial charge in [-0.2, -0.15) is 0 Å². The molecule has 5 aromatic rings. The topological polar surface area (TPSA) is 18.0 Å². The zero-order valence-electron chi connectivity index (χ0n) is 19.7. The van der Waals surface area contributed by atoms with Gasteiger partial charge < -0.3 is 0 Å². The minimum atomic E-state index is -0.102. The fraction of sp³-hybridized carbons (Fsp3) is 0.207. The third kappa shape index (κ3) is 2.74. The molecule has 0 saturated carbocycles. The van der Waals surface area contributed by atoms with Gasteiger partial charge in [-0.05, 0) is 0 Å². The SMILES string of the molecule is COc1ccc2c3c[c]([BiH2])ccc3n(-c3c4c(cc[n+]3C)-c3ccccc3C4(C)C)c2c1C. The summed E-state index contributed by atoms with van der Waals surface area (Å²) in [7, 11) is 3.93. The van der Waals surface area contributed by atoms with Crippen LogP contribution in [0, 0.1) is 6.92 Å². The molecule has 0 unspecified atom stereocenters.